The van der Waals surface area contributed by atoms with E-state index in [0.717, 1.165) is 23.1 Å². The van der Waals surface area contributed by atoms with Gasteiger partial charge in [-0.25, -0.2) is 12.4 Å². The minimum Gasteiger partial charge on any atom is -0.619 e. The van der Waals surface area contributed by atoms with Crippen molar-refractivity contribution >= 4 is 20.9 Å². The lowest BCUT2D eigenvalue weighted by Gasteiger charge is -2.07. The molecular formula is C17H16N2O3S. The van der Waals surface area contributed by atoms with Crippen molar-refractivity contribution in [1.82, 2.24) is 3.97 Å². The number of rotatable bonds is 3. The van der Waals surface area contributed by atoms with Gasteiger partial charge in [-0.15, -0.1) is 0 Å². The summed E-state index contributed by atoms with van der Waals surface area (Å²) in [5, 5.41) is 12.4. The predicted octanol–water partition coefficient (Wildman–Crippen LogP) is 2.56. The van der Waals surface area contributed by atoms with Gasteiger partial charge in [0.05, 0.1) is 15.8 Å². The maximum atomic E-state index is 13.0. The van der Waals surface area contributed by atoms with Crippen molar-refractivity contribution in [3.8, 4) is 0 Å². The first-order valence-corrected chi connectivity index (χ1v) is 8.91. The zero-order valence-corrected chi connectivity index (χ0v) is 13.5. The molecule has 2 heterocycles. The van der Waals surface area contributed by atoms with Crippen molar-refractivity contribution in [1.29, 1.82) is 0 Å². The molecule has 118 valence electrons. The molecule has 1 aromatic carbocycles. The van der Waals surface area contributed by atoms with Gasteiger partial charge in [-0.1, -0.05) is 25.1 Å². The van der Waals surface area contributed by atoms with E-state index < -0.39 is 10.0 Å². The zero-order valence-electron chi connectivity index (χ0n) is 12.6. The molecular weight excluding hydrogens is 312 g/mol. The summed E-state index contributed by atoms with van der Waals surface area (Å²) in [6.07, 6.45) is 6.49. The van der Waals surface area contributed by atoms with E-state index in [2.05, 4.69) is 6.92 Å². The van der Waals surface area contributed by atoms with E-state index in [9.17, 15) is 13.6 Å². The second-order valence-corrected chi connectivity index (χ2v) is 8.14. The molecule has 0 unspecified atom stereocenters. The van der Waals surface area contributed by atoms with Crippen LogP contribution in [0, 0.1) is 5.21 Å². The minimum atomic E-state index is -3.68. The fraction of sp³-hybridized carbons (Fsp3) is 0.235. The molecule has 1 fully saturated rings. The van der Waals surface area contributed by atoms with Crippen LogP contribution in [0.25, 0.3) is 10.9 Å². The number of fused-ring (bicyclic) bond motifs is 1. The van der Waals surface area contributed by atoms with Crippen LogP contribution in [0.1, 0.15) is 25.3 Å². The molecule has 4 rings (SSSR count). The highest BCUT2D eigenvalue weighted by atomic mass is 32.2. The van der Waals surface area contributed by atoms with Crippen LogP contribution >= 0.6 is 0 Å². The van der Waals surface area contributed by atoms with Gasteiger partial charge < -0.3 is 5.21 Å². The molecule has 0 aliphatic heterocycles. The van der Waals surface area contributed by atoms with Crippen molar-refractivity contribution in [3.05, 3.63) is 65.8 Å². The Morgan fingerprint density at radius 1 is 1.17 bits per heavy atom. The van der Waals surface area contributed by atoms with Crippen LogP contribution in [0.15, 0.2) is 59.9 Å². The number of pyridine rings is 1. The lowest BCUT2D eigenvalue weighted by atomic mass is 9.99. The standard InChI is InChI=1S/C17H16N2O3S/c1-17(8-9-17)15-12-19(16-7-10-18(20)11-14(15)16)23(21,22)13-5-3-2-4-6-13/h2-7,10-12H,8-9H2,1H3. The topological polar surface area (TPSA) is 66.0 Å². The second-order valence-electron chi connectivity index (χ2n) is 6.32. The van der Waals surface area contributed by atoms with Gasteiger partial charge in [-0.2, -0.15) is 4.73 Å². The van der Waals surface area contributed by atoms with E-state index in [1.54, 1.807) is 42.6 Å². The van der Waals surface area contributed by atoms with E-state index in [-0.39, 0.29) is 10.3 Å². The Balaban J connectivity index is 2.02. The second kappa shape index (κ2) is 4.58. The molecule has 0 amide bonds. The highest BCUT2D eigenvalue weighted by Crippen LogP contribution is 2.50. The Morgan fingerprint density at radius 2 is 1.87 bits per heavy atom. The number of nitrogens with zero attached hydrogens (tertiary/aromatic N) is 2. The van der Waals surface area contributed by atoms with Crippen molar-refractivity contribution in [2.45, 2.75) is 30.1 Å². The van der Waals surface area contributed by atoms with Crippen LogP contribution < -0.4 is 4.73 Å². The molecule has 1 aliphatic rings. The Kier molecular flexibility index (Phi) is 2.84. The van der Waals surface area contributed by atoms with Crippen molar-refractivity contribution < 1.29 is 13.1 Å². The Labute approximate surface area is 134 Å². The molecule has 0 spiro atoms. The van der Waals surface area contributed by atoms with Crippen LogP contribution in [0.2, 0.25) is 0 Å². The lowest BCUT2D eigenvalue weighted by Crippen LogP contribution is -2.24. The molecule has 5 nitrogen and oxygen atoms in total. The van der Waals surface area contributed by atoms with Crippen LogP contribution in [0.4, 0.5) is 0 Å². The molecule has 0 saturated heterocycles. The lowest BCUT2D eigenvalue weighted by molar-refractivity contribution is -0.603. The van der Waals surface area contributed by atoms with E-state index >= 15 is 0 Å². The van der Waals surface area contributed by atoms with Gasteiger partial charge in [0, 0.05) is 12.3 Å². The summed E-state index contributed by atoms with van der Waals surface area (Å²) in [7, 11) is -3.68. The monoisotopic (exact) mass is 328 g/mol. The minimum absolute atomic E-state index is 0.0376. The van der Waals surface area contributed by atoms with Gasteiger partial charge in [0.1, 0.15) is 0 Å². The Bertz CT molecular complexity index is 1000. The summed E-state index contributed by atoms with van der Waals surface area (Å²) in [4.78, 5) is 0.239. The summed E-state index contributed by atoms with van der Waals surface area (Å²) in [5.74, 6) is 0. The maximum absolute atomic E-state index is 13.0. The highest BCUT2D eigenvalue weighted by Gasteiger charge is 2.42. The fourth-order valence-corrected chi connectivity index (χ4v) is 4.36. The third-order valence-electron chi connectivity index (χ3n) is 4.64. The average molecular weight is 328 g/mol. The van der Waals surface area contributed by atoms with Crippen LogP contribution in [0.5, 0.6) is 0 Å². The van der Waals surface area contributed by atoms with Gasteiger partial charge in [0.2, 0.25) is 0 Å². The van der Waals surface area contributed by atoms with E-state index in [1.807, 2.05) is 0 Å². The molecule has 1 saturated carbocycles. The SMILES string of the molecule is CC1(c2cn(S(=O)(=O)c3ccccc3)c3cc[n+]([O-])cc23)CC1. The summed E-state index contributed by atoms with van der Waals surface area (Å²) in [6.45, 7) is 2.10. The number of hydrogen-bond acceptors (Lipinski definition) is 3. The molecule has 6 heteroatoms. The number of aromatic nitrogens is 2. The molecule has 0 N–H and O–H groups in total. The van der Waals surface area contributed by atoms with Crippen molar-refractivity contribution in [3.63, 3.8) is 0 Å². The van der Waals surface area contributed by atoms with E-state index in [4.69, 9.17) is 0 Å². The normalized spacial score (nSPS) is 16.6. The maximum Gasteiger partial charge on any atom is 0.268 e. The summed E-state index contributed by atoms with van der Waals surface area (Å²) < 4.78 is 28.0. The molecule has 1 aliphatic carbocycles. The number of hydrogen-bond donors (Lipinski definition) is 0. The highest BCUT2D eigenvalue weighted by molar-refractivity contribution is 7.90. The molecule has 3 aromatic rings. The van der Waals surface area contributed by atoms with Crippen LogP contribution in [-0.4, -0.2) is 12.4 Å². The molecule has 0 bridgehead atoms. The van der Waals surface area contributed by atoms with Gasteiger partial charge in [-0.3, -0.25) is 0 Å². The molecule has 2 aromatic heterocycles. The smallest absolute Gasteiger partial charge is 0.268 e. The fourth-order valence-electron chi connectivity index (χ4n) is 2.97. The third kappa shape index (κ3) is 2.13. The van der Waals surface area contributed by atoms with Crippen LogP contribution in [0.3, 0.4) is 0 Å². The van der Waals surface area contributed by atoms with Gasteiger partial charge >= 0.3 is 0 Å². The van der Waals surface area contributed by atoms with Gasteiger partial charge in [-0.05, 0) is 36.0 Å². The van der Waals surface area contributed by atoms with Crippen molar-refractivity contribution in [2.24, 2.45) is 0 Å². The first kappa shape index (κ1) is 14.3. The first-order chi connectivity index (χ1) is 10.9. The average Bonchev–Trinajstić information content (AvgIpc) is 3.16. The third-order valence-corrected chi connectivity index (χ3v) is 6.32. The van der Waals surface area contributed by atoms with Crippen LogP contribution in [-0.2, 0) is 15.4 Å². The Hall–Kier alpha value is -2.34. The summed E-state index contributed by atoms with van der Waals surface area (Å²) in [5.41, 5.74) is 1.44. The summed E-state index contributed by atoms with van der Waals surface area (Å²) >= 11 is 0. The van der Waals surface area contributed by atoms with E-state index in [1.165, 1.54) is 16.4 Å². The zero-order chi connectivity index (χ0) is 16.2. The molecule has 23 heavy (non-hydrogen) atoms. The quantitative estimate of drug-likeness (QED) is 0.548. The van der Waals surface area contributed by atoms with E-state index in [0.29, 0.717) is 10.9 Å². The van der Waals surface area contributed by atoms with Gasteiger partial charge in [0.25, 0.3) is 10.0 Å². The summed E-state index contributed by atoms with van der Waals surface area (Å²) in [6, 6.07) is 9.91. The Morgan fingerprint density at radius 3 is 2.52 bits per heavy atom. The molecule has 0 radical (unpaired) electrons. The largest absolute Gasteiger partial charge is 0.619 e. The number of benzene rings is 1. The first-order valence-electron chi connectivity index (χ1n) is 7.47. The van der Waals surface area contributed by atoms with Crippen molar-refractivity contribution in [2.75, 3.05) is 0 Å². The predicted molar refractivity (Wildman–Crippen MR) is 86.5 cm³/mol. The van der Waals surface area contributed by atoms with Gasteiger partial charge in [0.15, 0.2) is 12.4 Å². The molecule has 0 atom stereocenters.